The van der Waals surface area contributed by atoms with Crippen LogP contribution in [0, 0.1) is 6.92 Å². The lowest BCUT2D eigenvalue weighted by molar-refractivity contribution is -0.117. The zero-order chi connectivity index (χ0) is 19.6. The number of carbonyl (C=O) groups is 1. The van der Waals surface area contributed by atoms with Gasteiger partial charge >= 0.3 is 5.63 Å². The lowest BCUT2D eigenvalue weighted by atomic mass is 10.2. The molecule has 0 radical (unpaired) electrons. The van der Waals surface area contributed by atoms with Crippen molar-refractivity contribution in [2.45, 2.75) is 24.8 Å². The Morgan fingerprint density at radius 3 is 2.44 bits per heavy atom. The summed E-state index contributed by atoms with van der Waals surface area (Å²) in [6.07, 6.45) is 0. The van der Waals surface area contributed by atoms with Crippen LogP contribution in [0.4, 0.5) is 5.69 Å². The van der Waals surface area contributed by atoms with E-state index in [0.29, 0.717) is 11.0 Å². The Hall–Kier alpha value is -2.97. The number of sulfonamides is 1. The molecule has 1 aromatic heterocycles. The van der Waals surface area contributed by atoms with Crippen LogP contribution in [0.2, 0.25) is 0 Å². The second kappa shape index (κ2) is 7.34. The number of fused-ring (bicyclic) bond motifs is 1. The molecule has 0 aliphatic carbocycles. The summed E-state index contributed by atoms with van der Waals surface area (Å²) >= 11 is 0. The molecule has 0 unspecified atom stereocenters. The first-order valence-corrected chi connectivity index (χ1v) is 9.67. The number of anilines is 1. The molecule has 3 aromatic rings. The fourth-order valence-corrected chi connectivity index (χ4v) is 3.66. The molecule has 140 valence electrons. The molecule has 1 heterocycles. The molecule has 1 amide bonds. The molecule has 3 rings (SSSR count). The van der Waals surface area contributed by atoms with E-state index >= 15 is 0 Å². The SMILES string of the molecule is Cc1ccc(S(=O)(=O)N[C@@H](C)C(=O)Nc2cc3ccccc3oc2=O)cc1. The molecule has 0 aliphatic rings. The van der Waals surface area contributed by atoms with E-state index in [2.05, 4.69) is 10.0 Å². The average Bonchev–Trinajstić information content (AvgIpc) is 2.62. The van der Waals surface area contributed by atoms with Crippen LogP contribution in [0.1, 0.15) is 12.5 Å². The smallest absolute Gasteiger partial charge is 0.360 e. The van der Waals surface area contributed by atoms with Crippen LogP contribution in [0.15, 0.2) is 68.7 Å². The van der Waals surface area contributed by atoms with Gasteiger partial charge in [0.15, 0.2) is 0 Å². The number of nitrogens with one attached hydrogen (secondary N) is 2. The van der Waals surface area contributed by atoms with Crippen LogP contribution in [-0.2, 0) is 14.8 Å². The number of rotatable bonds is 5. The summed E-state index contributed by atoms with van der Waals surface area (Å²) in [5, 5.41) is 3.05. The summed E-state index contributed by atoms with van der Waals surface area (Å²) in [6.45, 7) is 3.23. The van der Waals surface area contributed by atoms with Gasteiger partial charge in [-0.05, 0) is 38.1 Å². The number of carbonyl (C=O) groups excluding carboxylic acids is 1. The maximum absolute atomic E-state index is 12.4. The first-order chi connectivity index (χ1) is 12.8. The topological polar surface area (TPSA) is 105 Å². The summed E-state index contributed by atoms with van der Waals surface area (Å²) in [5.41, 5.74) is 0.548. The van der Waals surface area contributed by atoms with Crippen molar-refractivity contribution >= 4 is 32.6 Å². The third kappa shape index (κ3) is 4.24. The van der Waals surface area contributed by atoms with Crippen molar-refractivity contribution in [2.75, 3.05) is 5.32 Å². The Kier molecular flexibility index (Phi) is 5.11. The third-order valence-corrected chi connectivity index (χ3v) is 5.51. The molecular formula is C19H18N2O5S. The van der Waals surface area contributed by atoms with Gasteiger partial charge in [-0.25, -0.2) is 13.2 Å². The Morgan fingerprint density at radius 1 is 1.07 bits per heavy atom. The summed E-state index contributed by atoms with van der Waals surface area (Å²) < 4.78 is 32.2. The molecule has 0 bridgehead atoms. The standard InChI is InChI=1S/C19H18N2O5S/c1-12-7-9-15(10-8-12)27(24,25)21-13(2)18(22)20-16-11-14-5-3-4-6-17(14)26-19(16)23/h3-11,13,21H,1-2H3,(H,20,22)/t13-/m0/s1. The molecule has 8 heteroatoms. The zero-order valence-electron chi connectivity index (χ0n) is 14.7. The molecule has 7 nitrogen and oxygen atoms in total. The van der Waals surface area contributed by atoms with E-state index in [0.717, 1.165) is 5.56 Å². The van der Waals surface area contributed by atoms with Gasteiger partial charge in [-0.1, -0.05) is 35.9 Å². The van der Waals surface area contributed by atoms with Crippen molar-refractivity contribution in [2.24, 2.45) is 0 Å². The maximum Gasteiger partial charge on any atom is 0.360 e. The minimum Gasteiger partial charge on any atom is -0.421 e. The first-order valence-electron chi connectivity index (χ1n) is 8.19. The highest BCUT2D eigenvalue weighted by Crippen LogP contribution is 2.15. The van der Waals surface area contributed by atoms with Crippen LogP contribution in [0.25, 0.3) is 11.0 Å². The van der Waals surface area contributed by atoms with Gasteiger partial charge in [0, 0.05) is 5.39 Å². The lowest BCUT2D eigenvalue weighted by Crippen LogP contribution is -2.42. The Labute approximate surface area is 156 Å². The maximum atomic E-state index is 12.4. The minimum absolute atomic E-state index is 0.0537. The predicted octanol–water partition coefficient (Wildman–Crippen LogP) is 2.41. The largest absolute Gasteiger partial charge is 0.421 e. The van der Waals surface area contributed by atoms with Crippen molar-refractivity contribution in [1.29, 1.82) is 0 Å². The van der Waals surface area contributed by atoms with E-state index in [1.807, 2.05) is 6.92 Å². The summed E-state index contributed by atoms with van der Waals surface area (Å²) in [6, 6.07) is 13.5. The normalized spacial score (nSPS) is 12.7. The third-order valence-electron chi connectivity index (χ3n) is 3.96. The number of para-hydroxylation sites is 1. The highest BCUT2D eigenvalue weighted by Gasteiger charge is 2.23. The van der Waals surface area contributed by atoms with Gasteiger partial charge in [0.1, 0.15) is 11.3 Å². The van der Waals surface area contributed by atoms with Crippen molar-refractivity contribution in [3.05, 3.63) is 70.6 Å². The zero-order valence-corrected chi connectivity index (χ0v) is 15.5. The van der Waals surface area contributed by atoms with Crippen LogP contribution < -0.4 is 15.7 Å². The van der Waals surface area contributed by atoms with E-state index in [1.54, 1.807) is 36.4 Å². The fraction of sp³-hybridized carbons (Fsp3) is 0.158. The number of hydrogen-bond acceptors (Lipinski definition) is 5. The fourth-order valence-electron chi connectivity index (χ4n) is 2.46. The average molecular weight is 386 g/mol. The molecule has 0 fully saturated rings. The quantitative estimate of drug-likeness (QED) is 0.655. The predicted molar refractivity (Wildman–Crippen MR) is 102 cm³/mol. The van der Waals surface area contributed by atoms with Gasteiger partial charge in [0.2, 0.25) is 15.9 Å². The molecule has 0 saturated carbocycles. The molecular weight excluding hydrogens is 368 g/mol. The van der Waals surface area contributed by atoms with Crippen molar-refractivity contribution in [3.63, 3.8) is 0 Å². The molecule has 0 spiro atoms. The minimum atomic E-state index is -3.87. The number of amides is 1. The summed E-state index contributed by atoms with van der Waals surface area (Å²) in [7, 11) is -3.87. The van der Waals surface area contributed by atoms with Gasteiger partial charge in [0.25, 0.3) is 0 Å². The first kappa shape index (κ1) is 18.8. The van der Waals surface area contributed by atoms with Crippen molar-refractivity contribution in [1.82, 2.24) is 4.72 Å². The Bertz CT molecular complexity index is 1150. The van der Waals surface area contributed by atoms with Crippen LogP contribution >= 0.6 is 0 Å². The van der Waals surface area contributed by atoms with Crippen LogP contribution in [-0.4, -0.2) is 20.4 Å². The van der Waals surface area contributed by atoms with E-state index in [-0.39, 0.29) is 10.6 Å². The molecule has 2 N–H and O–H groups in total. The monoisotopic (exact) mass is 386 g/mol. The van der Waals surface area contributed by atoms with Gasteiger partial charge in [-0.2, -0.15) is 4.72 Å². The van der Waals surface area contributed by atoms with Crippen molar-refractivity contribution in [3.8, 4) is 0 Å². The van der Waals surface area contributed by atoms with Gasteiger partial charge in [-0.15, -0.1) is 0 Å². The lowest BCUT2D eigenvalue weighted by Gasteiger charge is -2.14. The number of benzene rings is 2. The van der Waals surface area contributed by atoms with Gasteiger partial charge in [-0.3, -0.25) is 4.79 Å². The molecule has 0 saturated heterocycles. The highest BCUT2D eigenvalue weighted by molar-refractivity contribution is 7.89. The summed E-state index contributed by atoms with van der Waals surface area (Å²) in [5.74, 6) is -0.673. The second-order valence-electron chi connectivity index (χ2n) is 6.13. The van der Waals surface area contributed by atoms with Crippen LogP contribution in [0.5, 0.6) is 0 Å². The number of hydrogen-bond donors (Lipinski definition) is 2. The molecule has 0 aliphatic heterocycles. The van der Waals surface area contributed by atoms with Crippen molar-refractivity contribution < 1.29 is 17.6 Å². The van der Waals surface area contributed by atoms with E-state index in [9.17, 15) is 18.0 Å². The van der Waals surface area contributed by atoms with E-state index in [4.69, 9.17) is 4.42 Å². The molecule has 2 aromatic carbocycles. The second-order valence-corrected chi connectivity index (χ2v) is 7.84. The molecule has 27 heavy (non-hydrogen) atoms. The number of aryl methyl sites for hydroxylation is 1. The summed E-state index contributed by atoms with van der Waals surface area (Å²) in [4.78, 5) is 24.4. The highest BCUT2D eigenvalue weighted by atomic mass is 32.2. The van der Waals surface area contributed by atoms with E-state index in [1.165, 1.54) is 25.1 Å². The molecule has 1 atom stereocenters. The van der Waals surface area contributed by atoms with Crippen LogP contribution in [0.3, 0.4) is 0 Å². The van der Waals surface area contributed by atoms with Gasteiger partial charge in [0.05, 0.1) is 10.9 Å². The Balaban J connectivity index is 1.77. The van der Waals surface area contributed by atoms with Gasteiger partial charge < -0.3 is 9.73 Å². The van der Waals surface area contributed by atoms with E-state index < -0.39 is 27.6 Å². The Morgan fingerprint density at radius 2 is 1.74 bits per heavy atom.